The van der Waals surface area contributed by atoms with E-state index in [9.17, 15) is 0 Å². The van der Waals surface area contributed by atoms with Gasteiger partial charge in [0.1, 0.15) is 0 Å². The fraction of sp³-hybridized carbons (Fsp3) is 1.00. The lowest BCUT2D eigenvalue weighted by Crippen LogP contribution is -2.33. The SMILES string of the molecule is C1CCC(CNCCNCC2CCCCC2)CC1.Cl.Cl. The Labute approximate surface area is 138 Å². The van der Waals surface area contributed by atoms with Gasteiger partial charge in [0.05, 0.1) is 0 Å². The van der Waals surface area contributed by atoms with Crippen molar-refractivity contribution >= 4 is 24.8 Å². The number of nitrogens with one attached hydrogen (secondary N) is 2. The van der Waals surface area contributed by atoms with E-state index in [2.05, 4.69) is 10.6 Å². The minimum absolute atomic E-state index is 0. The summed E-state index contributed by atoms with van der Waals surface area (Å²) in [5.74, 6) is 1.94. The van der Waals surface area contributed by atoms with Crippen LogP contribution < -0.4 is 10.6 Å². The van der Waals surface area contributed by atoms with E-state index in [0.29, 0.717) is 0 Å². The molecule has 20 heavy (non-hydrogen) atoms. The van der Waals surface area contributed by atoms with Crippen LogP contribution in [0.25, 0.3) is 0 Å². The number of hydrogen-bond acceptors (Lipinski definition) is 2. The summed E-state index contributed by atoms with van der Waals surface area (Å²) in [6, 6.07) is 0. The monoisotopic (exact) mass is 324 g/mol. The van der Waals surface area contributed by atoms with Crippen molar-refractivity contribution in [2.75, 3.05) is 26.2 Å². The molecule has 0 radical (unpaired) electrons. The molecule has 0 aromatic rings. The molecule has 0 aromatic carbocycles. The average molecular weight is 325 g/mol. The quantitative estimate of drug-likeness (QED) is 0.687. The van der Waals surface area contributed by atoms with Crippen LogP contribution in [0.5, 0.6) is 0 Å². The molecule has 0 saturated heterocycles. The highest BCUT2D eigenvalue weighted by Gasteiger charge is 2.13. The minimum atomic E-state index is 0. The van der Waals surface area contributed by atoms with Gasteiger partial charge in [0.25, 0.3) is 0 Å². The molecule has 2 N–H and O–H groups in total. The third-order valence-electron chi connectivity index (χ3n) is 4.79. The Morgan fingerprint density at radius 1 is 0.550 bits per heavy atom. The van der Waals surface area contributed by atoms with Gasteiger partial charge in [-0.2, -0.15) is 0 Å². The van der Waals surface area contributed by atoms with Gasteiger partial charge in [0, 0.05) is 13.1 Å². The van der Waals surface area contributed by atoms with E-state index in [-0.39, 0.29) is 24.8 Å². The van der Waals surface area contributed by atoms with Crippen molar-refractivity contribution in [3.05, 3.63) is 0 Å². The Kier molecular flexibility index (Phi) is 13.5. The van der Waals surface area contributed by atoms with Crippen molar-refractivity contribution in [2.24, 2.45) is 11.8 Å². The fourth-order valence-corrected chi connectivity index (χ4v) is 3.57. The van der Waals surface area contributed by atoms with Crippen LogP contribution in [0, 0.1) is 11.8 Å². The van der Waals surface area contributed by atoms with Gasteiger partial charge in [0.15, 0.2) is 0 Å². The summed E-state index contributed by atoms with van der Waals surface area (Å²) < 4.78 is 0. The molecule has 0 heterocycles. The van der Waals surface area contributed by atoms with E-state index in [0.717, 1.165) is 24.9 Å². The van der Waals surface area contributed by atoms with Crippen LogP contribution in [0.15, 0.2) is 0 Å². The number of halogens is 2. The predicted octanol–water partition coefficient (Wildman–Crippen LogP) is 4.17. The van der Waals surface area contributed by atoms with E-state index in [1.807, 2.05) is 0 Å². The summed E-state index contributed by atoms with van der Waals surface area (Å²) in [7, 11) is 0. The van der Waals surface area contributed by atoms with E-state index in [1.165, 1.54) is 77.3 Å². The molecular formula is C16H34Cl2N2. The Hall–Kier alpha value is 0.500. The molecule has 0 unspecified atom stereocenters. The van der Waals surface area contributed by atoms with Gasteiger partial charge in [-0.3, -0.25) is 0 Å². The fourth-order valence-electron chi connectivity index (χ4n) is 3.57. The van der Waals surface area contributed by atoms with E-state index < -0.39 is 0 Å². The molecule has 2 saturated carbocycles. The Balaban J connectivity index is 0.00000180. The second-order valence-electron chi connectivity index (χ2n) is 6.42. The topological polar surface area (TPSA) is 24.1 Å². The first-order valence-electron chi connectivity index (χ1n) is 8.36. The lowest BCUT2D eigenvalue weighted by Gasteiger charge is -2.23. The molecule has 2 nitrogen and oxygen atoms in total. The van der Waals surface area contributed by atoms with Gasteiger partial charge < -0.3 is 10.6 Å². The molecule has 0 bridgehead atoms. The molecule has 2 aliphatic rings. The average Bonchev–Trinajstić information content (AvgIpc) is 2.45. The summed E-state index contributed by atoms with van der Waals surface area (Å²) in [6.45, 7) is 4.82. The standard InChI is InChI=1S/C16H32N2.2ClH/c1-3-7-15(8-4-1)13-17-11-12-18-14-16-9-5-2-6-10-16;;/h15-18H,1-14H2;2*1H. The van der Waals surface area contributed by atoms with Gasteiger partial charge in [-0.1, -0.05) is 38.5 Å². The Morgan fingerprint density at radius 3 is 1.25 bits per heavy atom. The minimum Gasteiger partial charge on any atom is -0.315 e. The van der Waals surface area contributed by atoms with E-state index in [1.54, 1.807) is 0 Å². The van der Waals surface area contributed by atoms with E-state index in [4.69, 9.17) is 0 Å². The van der Waals surface area contributed by atoms with Gasteiger partial charge in [-0.25, -0.2) is 0 Å². The third-order valence-corrected chi connectivity index (χ3v) is 4.79. The predicted molar refractivity (Wildman–Crippen MR) is 93.4 cm³/mol. The Morgan fingerprint density at radius 2 is 0.900 bits per heavy atom. The van der Waals surface area contributed by atoms with Crippen LogP contribution in [0.2, 0.25) is 0 Å². The van der Waals surface area contributed by atoms with Crippen LogP contribution in [-0.4, -0.2) is 26.2 Å². The maximum absolute atomic E-state index is 3.63. The van der Waals surface area contributed by atoms with Crippen molar-refractivity contribution in [2.45, 2.75) is 64.2 Å². The van der Waals surface area contributed by atoms with Crippen LogP contribution in [0.4, 0.5) is 0 Å². The smallest absolute Gasteiger partial charge is 0.00768 e. The van der Waals surface area contributed by atoms with Crippen molar-refractivity contribution in [1.82, 2.24) is 10.6 Å². The van der Waals surface area contributed by atoms with Crippen LogP contribution in [-0.2, 0) is 0 Å². The molecule has 4 heteroatoms. The highest BCUT2D eigenvalue weighted by atomic mass is 35.5. The summed E-state index contributed by atoms with van der Waals surface area (Å²) in [5, 5.41) is 7.26. The zero-order valence-corrected chi connectivity index (χ0v) is 14.5. The molecule has 0 spiro atoms. The first kappa shape index (κ1) is 20.5. The van der Waals surface area contributed by atoms with E-state index >= 15 is 0 Å². The second kappa shape index (κ2) is 13.2. The highest BCUT2D eigenvalue weighted by molar-refractivity contribution is 5.85. The number of rotatable bonds is 7. The third kappa shape index (κ3) is 8.71. The van der Waals surface area contributed by atoms with Crippen molar-refractivity contribution in [3.8, 4) is 0 Å². The maximum atomic E-state index is 3.63. The Bertz CT molecular complexity index is 181. The summed E-state index contributed by atoms with van der Waals surface area (Å²) in [5.41, 5.74) is 0. The first-order chi connectivity index (χ1) is 8.95. The van der Waals surface area contributed by atoms with Crippen LogP contribution in [0.3, 0.4) is 0 Å². The highest BCUT2D eigenvalue weighted by Crippen LogP contribution is 2.23. The first-order valence-corrected chi connectivity index (χ1v) is 8.36. The summed E-state index contributed by atoms with van der Waals surface area (Å²) >= 11 is 0. The molecule has 0 aromatic heterocycles. The van der Waals surface area contributed by atoms with Crippen molar-refractivity contribution in [1.29, 1.82) is 0 Å². The maximum Gasteiger partial charge on any atom is 0.00768 e. The second-order valence-corrected chi connectivity index (χ2v) is 6.42. The molecule has 2 aliphatic carbocycles. The molecule has 0 amide bonds. The van der Waals surface area contributed by atoms with Crippen LogP contribution in [0.1, 0.15) is 64.2 Å². The normalized spacial score (nSPS) is 21.0. The van der Waals surface area contributed by atoms with Crippen LogP contribution >= 0.6 is 24.8 Å². The van der Waals surface area contributed by atoms with Crippen molar-refractivity contribution < 1.29 is 0 Å². The van der Waals surface area contributed by atoms with Gasteiger partial charge in [-0.15, -0.1) is 24.8 Å². The van der Waals surface area contributed by atoms with Crippen molar-refractivity contribution in [3.63, 3.8) is 0 Å². The molecule has 0 atom stereocenters. The van der Waals surface area contributed by atoms with Gasteiger partial charge >= 0.3 is 0 Å². The molecule has 122 valence electrons. The molecule has 2 fully saturated rings. The summed E-state index contributed by atoms with van der Waals surface area (Å²) in [6.07, 6.45) is 14.6. The summed E-state index contributed by atoms with van der Waals surface area (Å²) in [4.78, 5) is 0. The zero-order valence-electron chi connectivity index (χ0n) is 12.9. The molecular weight excluding hydrogens is 291 g/mol. The van der Waals surface area contributed by atoms with Gasteiger partial charge in [-0.05, 0) is 50.6 Å². The van der Waals surface area contributed by atoms with Gasteiger partial charge in [0.2, 0.25) is 0 Å². The zero-order chi connectivity index (χ0) is 12.5. The number of hydrogen-bond donors (Lipinski definition) is 2. The lowest BCUT2D eigenvalue weighted by molar-refractivity contribution is 0.331. The largest absolute Gasteiger partial charge is 0.315 e. The molecule has 2 rings (SSSR count). The lowest BCUT2D eigenvalue weighted by atomic mass is 9.89. The molecule has 0 aliphatic heterocycles.